The van der Waals surface area contributed by atoms with Crippen LogP contribution in [0.1, 0.15) is 13.8 Å². The predicted molar refractivity (Wildman–Crippen MR) is 49.5 cm³/mol. The summed E-state index contributed by atoms with van der Waals surface area (Å²) in [6, 6.07) is 2.02. The highest BCUT2D eigenvalue weighted by atomic mass is 14.6. The third-order valence-corrected chi connectivity index (χ3v) is 1.71. The maximum Gasteiger partial charge on any atom is 0.0380 e. The van der Waals surface area contributed by atoms with Crippen molar-refractivity contribution in [2.75, 3.05) is 0 Å². The smallest absolute Gasteiger partial charge is 0.0380 e. The molecule has 1 heterocycles. The van der Waals surface area contributed by atoms with Gasteiger partial charge in [-0.25, -0.2) is 0 Å². The first-order chi connectivity index (χ1) is 5.24. The summed E-state index contributed by atoms with van der Waals surface area (Å²) in [5.41, 5.74) is 1.26. The second-order valence-electron chi connectivity index (χ2n) is 2.59. The standard InChI is InChI=1S/C10H13N/c1-4-8(2)7-10-5-6-11-9(10)3/h4-7,11H,3H2,1-2H3/b8-4-,10-7-. The number of nitrogens with one attached hydrogen (secondary N) is 1. The number of H-pyrrole nitrogens is 1. The van der Waals surface area contributed by atoms with Crippen LogP contribution < -0.4 is 10.6 Å². The zero-order valence-corrected chi connectivity index (χ0v) is 7.02. The van der Waals surface area contributed by atoms with Crippen LogP contribution >= 0.6 is 0 Å². The van der Waals surface area contributed by atoms with Crippen molar-refractivity contribution in [2.24, 2.45) is 0 Å². The molecule has 1 N–H and O–H groups in total. The Kier molecular flexibility index (Phi) is 2.32. The summed E-state index contributed by atoms with van der Waals surface area (Å²) in [6.45, 7) is 7.96. The average molecular weight is 147 g/mol. The molecule has 0 unspecified atom stereocenters. The molecule has 1 heteroatoms. The molecule has 0 spiro atoms. The molecule has 0 aromatic carbocycles. The van der Waals surface area contributed by atoms with Crippen molar-refractivity contribution in [3.05, 3.63) is 34.5 Å². The van der Waals surface area contributed by atoms with Gasteiger partial charge in [0.05, 0.1) is 0 Å². The molecule has 1 aromatic rings. The van der Waals surface area contributed by atoms with Crippen LogP contribution in [0.25, 0.3) is 12.7 Å². The van der Waals surface area contributed by atoms with Gasteiger partial charge >= 0.3 is 0 Å². The van der Waals surface area contributed by atoms with Crippen molar-refractivity contribution in [3.8, 4) is 0 Å². The number of aromatic nitrogens is 1. The highest BCUT2D eigenvalue weighted by Crippen LogP contribution is 1.90. The summed E-state index contributed by atoms with van der Waals surface area (Å²) in [4.78, 5) is 3.03. The van der Waals surface area contributed by atoms with Crippen LogP contribution in [0, 0.1) is 0 Å². The van der Waals surface area contributed by atoms with Gasteiger partial charge in [0.25, 0.3) is 0 Å². The molecule has 1 aromatic heterocycles. The largest absolute Gasteiger partial charge is 0.362 e. The second kappa shape index (κ2) is 3.24. The van der Waals surface area contributed by atoms with E-state index < -0.39 is 0 Å². The summed E-state index contributed by atoms with van der Waals surface area (Å²) < 4.78 is 0. The Morgan fingerprint density at radius 3 is 2.82 bits per heavy atom. The molecule has 0 saturated heterocycles. The molecule has 0 atom stereocenters. The van der Waals surface area contributed by atoms with Crippen molar-refractivity contribution in [2.45, 2.75) is 13.8 Å². The first-order valence-electron chi connectivity index (χ1n) is 3.71. The van der Waals surface area contributed by atoms with Gasteiger partial charge in [0.2, 0.25) is 0 Å². The van der Waals surface area contributed by atoms with Crippen molar-refractivity contribution in [1.82, 2.24) is 4.98 Å². The Morgan fingerprint density at radius 1 is 1.64 bits per heavy atom. The van der Waals surface area contributed by atoms with Crippen LogP contribution in [0.5, 0.6) is 0 Å². The lowest BCUT2D eigenvalue weighted by Gasteiger charge is -1.84. The average Bonchev–Trinajstić information content (AvgIpc) is 2.37. The van der Waals surface area contributed by atoms with E-state index in [-0.39, 0.29) is 0 Å². The summed E-state index contributed by atoms with van der Waals surface area (Å²) in [5, 5.41) is 2.15. The van der Waals surface area contributed by atoms with E-state index in [2.05, 4.69) is 30.6 Å². The fourth-order valence-electron chi connectivity index (χ4n) is 0.880. The highest BCUT2D eigenvalue weighted by Gasteiger charge is 1.82. The van der Waals surface area contributed by atoms with E-state index >= 15 is 0 Å². The fourth-order valence-corrected chi connectivity index (χ4v) is 0.880. The first-order valence-corrected chi connectivity index (χ1v) is 3.71. The Labute approximate surface area is 66.8 Å². The van der Waals surface area contributed by atoms with Crippen molar-refractivity contribution < 1.29 is 0 Å². The molecule has 0 aliphatic rings. The Morgan fingerprint density at radius 2 is 2.36 bits per heavy atom. The van der Waals surface area contributed by atoms with Crippen LogP contribution in [-0.4, -0.2) is 4.98 Å². The SMILES string of the molecule is C=c1[nH]cc/c1=C/C(C)=C\C. The number of rotatable bonds is 1. The molecule has 0 amide bonds. The van der Waals surface area contributed by atoms with E-state index in [9.17, 15) is 0 Å². The van der Waals surface area contributed by atoms with Gasteiger partial charge in [-0.05, 0) is 25.1 Å². The van der Waals surface area contributed by atoms with E-state index in [1.54, 1.807) is 0 Å². The third kappa shape index (κ3) is 1.84. The van der Waals surface area contributed by atoms with Crippen LogP contribution in [0.4, 0.5) is 0 Å². The summed E-state index contributed by atoms with van der Waals surface area (Å²) in [5.74, 6) is 0. The molecule has 0 saturated carbocycles. The number of aromatic amines is 1. The third-order valence-electron chi connectivity index (χ3n) is 1.71. The predicted octanol–water partition coefficient (Wildman–Crippen LogP) is 1.17. The number of allylic oxidation sites excluding steroid dienone is 2. The van der Waals surface area contributed by atoms with Gasteiger partial charge in [0, 0.05) is 11.5 Å². The summed E-state index contributed by atoms with van der Waals surface area (Å²) in [7, 11) is 0. The zero-order valence-electron chi connectivity index (χ0n) is 7.02. The summed E-state index contributed by atoms with van der Waals surface area (Å²) >= 11 is 0. The van der Waals surface area contributed by atoms with Gasteiger partial charge in [0.1, 0.15) is 0 Å². The molecule has 58 valence electrons. The molecule has 11 heavy (non-hydrogen) atoms. The molecule has 0 aliphatic heterocycles. The van der Waals surface area contributed by atoms with Gasteiger partial charge in [-0.1, -0.05) is 24.3 Å². The van der Waals surface area contributed by atoms with Gasteiger partial charge in [-0.15, -0.1) is 0 Å². The van der Waals surface area contributed by atoms with Crippen molar-refractivity contribution >= 4 is 12.7 Å². The van der Waals surface area contributed by atoms with Gasteiger partial charge < -0.3 is 4.98 Å². The minimum Gasteiger partial charge on any atom is -0.362 e. The minimum absolute atomic E-state index is 0.978. The molecular formula is C10H13N. The molecule has 0 bridgehead atoms. The Bertz CT molecular complexity index is 354. The van der Waals surface area contributed by atoms with Gasteiger partial charge in [0.15, 0.2) is 0 Å². The summed E-state index contributed by atoms with van der Waals surface area (Å²) in [6.07, 6.45) is 6.09. The highest BCUT2D eigenvalue weighted by molar-refractivity contribution is 5.44. The van der Waals surface area contributed by atoms with Crippen LogP contribution in [-0.2, 0) is 0 Å². The van der Waals surface area contributed by atoms with Crippen LogP contribution in [0.15, 0.2) is 23.9 Å². The Balaban J connectivity index is 3.21. The maximum absolute atomic E-state index is 3.85. The molecule has 0 fully saturated rings. The molecule has 0 radical (unpaired) electrons. The van der Waals surface area contributed by atoms with E-state index in [1.165, 1.54) is 10.8 Å². The first kappa shape index (κ1) is 7.86. The zero-order chi connectivity index (χ0) is 8.27. The van der Waals surface area contributed by atoms with Crippen LogP contribution in [0.3, 0.4) is 0 Å². The maximum atomic E-state index is 3.85. The van der Waals surface area contributed by atoms with E-state index in [1.807, 2.05) is 19.2 Å². The monoisotopic (exact) mass is 147 g/mol. The lowest BCUT2D eigenvalue weighted by molar-refractivity contribution is 1.32. The second-order valence-corrected chi connectivity index (χ2v) is 2.59. The minimum atomic E-state index is 0.978. The molecular weight excluding hydrogens is 134 g/mol. The van der Waals surface area contributed by atoms with E-state index in [0.29, 0.717) is 0 Å². The lowest BCUT2D eigenvalue weighted by atomic mass is 10.2. The number of hydrogen-bond donors (Lipinski definition) is 1. The van der Waals surface area contributed by atoms with Gasteiger partial charge in [-0.3, -0.25) is 0 Å². The van der Waals surface area contributed by atoms with Gasteiger partial charge in [-0.2, -0.15) is 0 Å². The van der Waals surface area contributed by atoms with Crippen LogP contribution in [0.2, 0.25) is 0 Å². The topological polar surface area (TPSA) is 15.8 Å². The molecule has 1 rings (SSSR count). The van der Waals surface area contributed by atoms with E-state index in [0.717, 1.165) is 5.35 Å². The fraction of sp³-hybridized carbons (Fsp3) is 0.200. The van der Waals surface area contributed by atoms with E-state index in [4.69, 9.17) is 0 Å². The van der Waals surface area contributed by atoms with Crippen molar-refractivity contribution in [1.29, 1.82) is 0 Å². The Hall–Kier alpha value is -1.24. The lowest BCUT2D eigenvalue weighted by Crippen LogP contribution is -2.19. The molecule has 1 nitrogen and oxygen atoms in total. The normalized spacial score (nSPS) is 14.0. The van der Waals surface area contributed by atoms with Crippen molar-refractivity contribution in [3.63, 3.8) is 0 Å². The quantitative estimate of drug-likeness (QED) is 0.613. The molecule has 0 aliphatic carbocycles. The number of hydrogen-bond acceptors (Lipinski definition) is 0.